The number of amides is 1. The third-order valence-electron chi connectivity index (χ3n) is 10.2. The molecular formula is C46H87NO5. The van der Waals surface area contributed by atoms with E-state index < -0.39 is 12.1 Å². The van der Waals surface area contributed by atoms with E-state index in [-0.39, 0.29) is 18.5 Å². The Hall–Kier alpha value is -1.66. The zero-order chi connectivity index (χ0) is 38.0. The third kappa shape index (κ3) is 38.1. The molecular weight excluding hydrogens is 647 g/mol. The Morgan fingerprint density at radius 3 is 1.37 bits per heavy atom. The van der Waals surface area contributed by atoms with E-state index in [9.17, 15) is 19.8 Å². The largest absolute Gasteiger partial charge is 0.466 e. The molecule has 0 radical (unpaired) electrons. The summed E-state index contributed by atoms with van der Waals surface area (Å²) in [5, 5.41) is 22.8. The van der Waals surface area contributed by atoms with Crippen molar-refractivity contribution in [2.75, 3.05) is 13.2 Å². The van der Waals surface area contributed by atoms with Gasteiger partial charge in [-0.25, -0.2) is 0 Å². The second kappa shape index (κ2) is 42.1. The average Bonchev–Trinajstić information content (AvgIpc) is 3.14. The Balaban J connectivity index is 3.50. The van der Waals surface area contributed by atoms with Crippen LogP contribution in [0, 0.1) is 0 Å². The normalized spacial score (nSPS) is 12.9. The molecule has 0 fully saturated rings. The Kier molecular flexibility index (Phi) is 40.7. The van der Waals surface area contributed by atoms with Crippen molar-refractivity contribution in [3.8, 4) is 0 Å². The summed E-state index contributed by atoms with van der Waals surface area (Å²) in [6.45, 7) is 4.82. The lowest BCUT2D eigenvalue weighted by Crippen LogP contribution is -2.45. The summed E-state index contributed by atoms with van der Waals surface area (Å²) in [6, 6.07) is -0.636. The second-order valence-electron chi connectivity index (χ2n) is 15.4. The van der Waals surface area contributed by atoms with Gasteiger partial charge >= 0.3 is 5.97 Å². The van der Waals surface area contributed by atoms with E-state index in [1.54, 1.807) is 6.08 Å². The first kappa shape index (κ1) is 50.3. The van der Waals surface area contributed by atoms with Gasteiger partial charge in [0.25, 0.3) is 0 Å². The van der Waals surface area contributed by atoms with Crippen LogP contribution in [0.4, 0.5) is 0 Å². The van der Waals surface area contributed by atoms with Gasteiger partial charge in [0.05, 0.1) is 25.4 Å². The van der Waals surface area contributed by atoms with Crippen LogP contribution >= 0.6 is 0 Å². The highest BCUT2D eigenvalue weighted by molar-refractivity contribution is 5.76. The Bertz CT molecular complexity index is 813. The Morgan fingerprint density at radius 1 is 0.519 bits per heavy atom. The van der Waals surface area contributed by atoms with Gasteiger partial charge in [0.2, 0.25) is 5.91 Å². The molecule has 1 amide bonds. The molecule has 0 heterocycles. The number of aliphatic hydroxyl groups is 2. The highest BCUT2D eigenvalue weighted by Gasteiger charge is 2.18. The fraction of sp³-hybridized carbons (Fsp3) is 0.870. The molecule has 2 atom stereocenters. The Morgan fingerprint density at radius 2 is 0.904 bits per heavy atom. The number of hydrogen-bond donors (Lipinski definition) is 3. The monoisotopic (exact) mass is 734 g/mol. The van der Waals surface area contributed by atoms with Crippen LogP contribution in [0.2, 0.25) is 0 Å². The van der Waals surface area contributed by atoms with Crippen molar-refractivity contribution in [2.45, 2.75) is 244 Å². The lowest BCUT2D eigenvalue weighted by molar-refractivity contribution is -0.143. The van der Waals surface area contributed by atoms with Crippen molar-refractivity contribution >= 4 is 11.9 Å². The van der Waals surface area contributed by atoms with Crippen LogP contribution in [0.25, 0.3) is 0 Å². The maximum Gasteiger partial charge on any atom is 0.305 e. The minimum absolute atomic E-state index is 0.0127. The molecule has 6 heteroatoms. The number of nitrogens with one attached hydrogen (secondary N) is 1. The van der Waals surface area contributed by atoms with Gasteiger partial charge in [0, 0.05) is 12.8 Å². The van der Waals surface area contributed by atoms with Crippen molar-refractivity contribution in [3.05, 3.63) is 24.3 Å². The number of allylic oxidation sites excluding steroid dienone is 3. The second-order valence-corrected chi connectivity index (χ2v) is 15.4. The summed E-state index contributed by atoms with van der Waals surface area (Å²) in [4.78, 5) is 24.3. The Labute approximate surface area is 322 Å². The summed E-state index contributed by atoms with van der Waals surface area (Å²) in [5.74, 6) is -0.0996. The van der Waals surface area contributed by atoms with Crippen LogP contribution in [0.15, 0.2) is 24.3 Å². The molecule has 52 heavy (non-hydrogen) atoms. The fourth-order valence-electron chi connectivity index (χ4n) is 6.68. The maximum absolute atomic E-state index is 12.3. The quantitative estimate of drug-likeness (QED) is 0.0330. The van der Waals surface area contributed by atoms with Crippen LogP contribution in [0.5, 0.6) is 0 Å². The molecule has 0 aliphatic rings. The number of hydrogen-bond acceptors (Lipinski definition) is 5. The van der Waals surface area contributed by atoms with Gasteiger partial charge in [0.15, 0.2) is 0 Å². The summed E-state index contributed by atoms with van der Waals surface area (Å²) in [6.07, 6.45) is 47.4. The summed E-state index contributed by atoms with van der Waals surface area (Å²) in [5.41, 5.74) is 0. The van der Waals surface area contributed by atoms with Gasteiger partial charge in [-0.3, -0.25) is 9.59 Å². The number of rotatable bonds is 41. The van der Waals surface area contributed by atoms with Crippen molar-refractivity contribution in [2.24, 2.45) is 0 Å². The van der Waals surface area contributed by atoms with Crippen LogP contribution < -0.4 is 5.32 Å². The number of unbranched alkanes of at least 4 members (excludes halogenated alkanes) is 28. The minimum atomic E-state index is -0.851. The smallest absolute Gasteiger partial charge is 0.305 e. The topological polar surface area (TPSA) is 95.9 Å². The van der Waals surface area contributed by atoms with Gasteiger partial charge in [-0.1, -0.05) is 186 Å². The zero-order valence-corrected chi connectivity index (χ0v) is 34.5. The number of aliphatic hydroxyl groups excluding tert-OH is 2. The van der Waals surface area contributed by atoms with E-state index in [0.29, 0.717) is 19.4 Å². The average molecular weight is 734 g/mol. The van der Waals surface area contributed by atoms with Crippen LogP contribution in [-0.2, 0) is 14.3 Å². The molecule has 0 saturated carbocycles. The van der Waals surface area contributed by atoms with E-state index in [4.69, 9.17) is 4.74 Å². The first-order valence-corrected chi connectivity index (χ1v) is 22.6. The molecule has 0 aromatic rings. The first-order valence-electron chi connectivity index (χ1n) is 22.6. The molecule has 0 aromatic carbocycles. The van der Waals surface area contributed by atoms with E-state index in [1.165, 1.54) is 135 Å². The molecule has 0 saturated heterocycles. The molecule has 0 rings (SSSR count). The van der Waals surface area contributed by atoms with E-state index in [2.05, 4.69) is 31.3 Å². The van der Waals surface area contributed by atoms with E-state index in [1.807, 2.05) is 6.08 Å². The molecule has 2 unspecified atom stereocenters. The summed E-state index contributed by atoms with van der Waals surface area (Å²) < 4.78 is 5.43. The number of carbonyl (C=O) groups is 2. The van der Waals surface area contributed by atoms with Gasteiger partial charge in [0.1, 0.15) is 0 Å². The highest BCUT2D eigenvalue weighted by atomic mass is 16.5. The van der Waals surface area contributed by atoms with Crippen LogP contribution in [0.1, 0.15) is 232 Å². The van der Waals surface area contributed by atoms with Crippen LogP contribution in [-0.4, -0.2) is 47.4 Å². The summed E-state index contributed by atoms with van der Waals surface area (Å²) in [7, 11) is 0. The molecule has 0 aliphatic carbocycles. The minimum Gasteiger partial charge on any atom is -0.466 e. The highest BCUT2D eigenvalue weighted by Crippen LogP contribution is 2.14. The lowest BCUT2D eigenvalue weighted by atomic mass is 10.1. The van der Waals surface area contributed by atoms with Gasteiger partial charge in [-0.15, -0.1) is 0 Å². The molecule has 6 nitrogen and oxygen atoms in total. The first-order chi connectivity index (χ1) is 25.5. The van der Waals surface area contributed by atoms with Crippen molar-refractivity contribution in [1.82, 2.24) is 5.32 Å². The molecule has 306 valence electrons. The van der Waals surface area contributed by atoms with Gasteiger partial charge in [-0.05, 0) is 57.8 Å². The maximum atomic E-state index is 12.3. The zero-order valence-electron chi connectivity index (χ0n) is 34.5. The third-order valence-corrected chi connectivity index (χ3v) is 10.2. The number of esters is 1. The lowest BCUT2D eigenvalue weighted by Gasteiger charge is -2.20. The van der Waals surface area contributed by atoms with Gasteiger partial charge in [-0.2, -0.15) is 0 Å². The fourth-order valence-corrected chi connectivity index (χ4v) is 6.68. The van der Waals surface area contributed by atoms with E-state index in [0.717, 1.165) is 70.6 Å². The molecule has 3 N–H and O–H groups in total. The van der Waals surface area contributed by atoms with Gasteiger partial charge < -0.3 is 20.3 Å². The van der Waals surface area contributed by atoms with E-state index >= 15 is 0 Å². The van der Waals surface area contributed by atoms with Crippen molar-refractivity contribution in [1.29, 1.82) is 0 Å². The predicted octanol–water partition coefficient (Wildman–Crippen LogP) is 12.8. The summed E-state index contributed by atoms with van der Waals surface area (Å²) >= 11 is 0. The predicted molar refractivity (Wildman–Crippen MR) is 223 cm³/mol. The van der Waals surface area contributed by atoms with Crippen molar-refractivity contribution in [3.63, 3.8) is 0 Å². The molecule has 0 aromatic heterocycles. The van der Waals surface area contributed by atoms with Crippen LogP contribution in [0.3, 0.4) is 0 Å². The molecule has 0 spiro atoms. The molecule has 0 bridgehead atoms. The van der Waals surface area contributed by atoms with Crippen molar-refractivity contribution < 1.29 is 24.5 Å². The standard InChI is InChI=1S/C46H87NO5/c1-3-5-7-9-11-13-19-24-28-32-36-40-46(51)52-41-37-33-29-25-21-18-16-14-15-17-20-23-27-31-35-39-45(50)47-43(42-48)44(49)38-34-30-26-22-12-10-8-6-4-2/h16,18,34,38,43-44,48-49H,3-15,17,19-33,35-37,39-42H2,1-2H3,(H,47,50)/b18-16-,38-34+. The number of carbonyl (C=O) groups excluding carboxylic acids is 2. The SMILES string of the molecule is CCCCCCCCC/C=C/C(O)C(CO)NC(=O)CCCCCCCCC/C=C\CCCCCCOC(=O)CCCCCCCCCCCCC. The number of ether oxygens (including phenoxy) is 1. The molecule has 0 aliphatic heterocycles.